The van der Waals surface area contributed by atoms with E-state index in [9.17, 15) is 22.4 Å². The molecule has 1 aromatic heterocycles. The summed E-state index contributed by atoms with van der Waals surface area (Å²) in [6, 6.07) is 2.31. The molecule has 2 nitrogen and oxygen atoms in total. The van der Waals surface area contributed by atoms with Gasteiger partial charge in [0.05, 0.1) is 10.5 Å². The molecule has 0 aliphatic rings. The first-order chi connectivity index (χ1) is 8.23. The second-order valence-electron chi connectivity index (χ2n) is 3.74. The highest BCUT2D eigenvalue weighted by Crippen LogP contribution is 2.31. The van der Waals surface area contributed by atoms with Crippen LogP contribution in [0, 0.1) is 12.7 Å². The van der Waals surface area contributed by atoms with E-state index < -0.39 is 34.2 Å². The first kappa shape index (κ1) is 12.9. The molecule has 0 unspecified atom stereocenters. The van der Waals surface area contributed by atoms with Crippen molar-refractivity contribution in [3.05, 3.63) is 44.5 Å². The largest absolute Gasteiger partial charge is 0.431 e. The maximum absolute atomic E-state index is 13.6. The van der Waals surface area contributed by atoms with Gasteiger partial charge in [0.25, 0.3) is 0 Å². The molecule has 1 aromatic carbocycles. The van der Waals surface area contributed by atoms with Gasteiger partial charge in [-0.25, -0.2) is 4.39 Å². The molecule has 1 N–H and O–H groups in total. The number of rotatable bonds is 0. The monoisotopic (exact) mass is 279 g/mol. The molecule has 96 valence electrons. The Morgan fingerprint density at radius 2 is 1.89 bits per heavy atom. The topological polar surface area (TPSA) is 32.9 Å². The van der Waals surface area contributed by atoms with Gasteiger partial charge in [0.1, 0.15) is 5.69 Å². The number of hydrogen-bond acceptors (Lipinski definition) is 1. The molecule has 0 radical (unpaired) electrons. The van der Waals surface area contributed by atoms with Gasteiger partial charge < -0.3 is 4.98 Å². The second-order valence-corrected chi connectivity index (χ2v) is 4.14. The van der Waals surface area contributed by atoms with E-state index in [0.29, 0.717) is 0 Å². The Bertz CT molecular complexity index is 690. The summed E-state index contributed by atoms with van der Waals surface area (Å²) in [4.78, 5) is 13.6. The molecule has 0 saturated carbocycles. The lowest BCUT2D eigenvalue weighted by atomic mass is 10.1. The third-order valence-electron chi connectivity index (χ3n) is 2.59. The number of pyridine rings is 1. The van der Waals surface area contributed by atoms with Crippen LogP contribution in [0.25, 0.3) is 10.9 Å². The summed E-state index contributed by atoms with van der Waals surface area (Å²) < 4.78 is 51.6. The molecule has 0 saturated heterocycles. The molecule has 7 heteroatoms. The number of alkyl halides is 3. The average Bonchev–Trinajstić information content (AvgIpc) is 2.26. The fourth-order valence-electron chi connectivity index (χ4n) is 1.68. The third kappa shape index (κ3) is 1.86. The van der Waals surface area contributed by atoms with Crippen LogP contribution < -0.4 is 5.43 Å². The predicted octanol–water partition coefficient (Wildman–Crippen LogP) is 3.65. The van der Waals surface area contributed by atoms with Gasteiger partial charge in [-0.15, -0.1) is 0 Å². The van der Waals surface area contributed by atoms with Crippen molar-refractivity contribution in [2.45, 2.75) is 13.1 Å². The Kier molecular flexibility index (Phi) is 2.85. The minimum atomic E-state index is -4.76. The van der Waals surface area contributed by atoms with Crippen molar-refractivity contribution in [1.82, 2.24) is 4.98 Å². The predicted molar refractivity (Wildman–Crippen MR) is 59.3 cm³/mol. The summed E-state index contributed by atoms with van der Waals surface area (Å²) in [6.45, 7) is 1.04. The van der Waals surface area contributed by atoms with Crippen LogP contribution in [-0.4, -0.2) is 4.98 Å². The van der Waals surface area contributed by atoms with Crippen LogP contribution in [0.1, 0.15) is 11.3 Å². The SMILES string of the molecule is Cc1c(C(F)(F)F)[nH]c2c(F)c(Cl)ccc2c1=O. The Hall–Kier alpha value is -1.56. The minimum Gasteiger partial charge on any atom is -0.348 e. The Morgan fingerprint density at radius 1 is 1.28 bits per heavy atom. The van der Waals surface area contributed by atoms with Gasteiger partial charge in [-0.05, 0) is 19.1 Å². The summed E-state index contributed by atoms with van der Waals surface area (Å²) in [7, 11) is 0. The number of hydrogen-bond donors (Lipinski definition) is 1. The van der Waals surface area contributed by atoms with Crippen molar-refractivity contribution in [2.75, 3.05) is 0 Å². The number of H-pyrrole nitrogens is 1. The quantitative estimate of drug-likeness (QED) is 0.734. The fraction of sp³-hybridized carbons (Fsp3) is 0.182. The number of aromatic amines is 1. The summed E-state index contributed by atoms with van der Waals surface area (Å²) in [6.07, 6.45) is -4.76. The lowest BCUT2D eigenvalue weighted by molar-refractivity contribution is -0.141. The fourth-order valence-corrected chi connectivity index (χ4v) is 1.84. The van der Waals surface area contributed by atoms with Crippen molar-refractivity contribution in [1.29, 1.82) is 0 Å². The lowest BCUT2D eigenvalue weighted by Crippen LogP contribution is -2.19. The van der Waals surface area contributed by atoms with Crippen LogP contribution in [0.3, 0.4) is 0 Å². The van der Waals surface area contributed by atoms with Crippen LogP contribution in [0.2, 0.25) is 5.02 Å². The normalized spacial score (nSPS) is 12.1. The van der Waals surface area contributed by atoms with Crippen LogP contribution in [0.15, 0.2) is 16.9 Å². The highest BCUT2D eigenvalue weighted by Gasteiger charge is 2.35. The molecular formula is C11H6ClF4NO. The number of nitrogens with one attached hydrogen (secondary N) is 1. The molecule has 0 aliphatic heterocycles. The summed E-state index contributed by atoms with van der Waals surface area (Å²) in [5, 5.41) is -0.516. The summed E-state index contributed by atoms with van der Waals surface area (Å²) >= 11 is 5.47. The standard InChI is InChI=1S/C11H6ClF4NO/c1-4-9(18)5-2-3-6(12)7(13)8(5)17-10(4)11(14,15)16/h2-3H,1H3,(H,17,18). The maximum atomic E-state index is 13.6. The van der Waals surface area contributed by atoms with Crippen molar-refractivity contribution in [2.24, 2.45) is 0 Å². The molecule has 0 atom stereocenters. The van der Waals surface area contributed by atoms with Crippen LogP contribution in [-0.2, 0) is 6.18 Å². The zero-order valence-electron chi connectivity index (χ0n) is 8.95. The number of fused-ring (bicyclic) bond motifs is 1. The van der Waals surface area contributed by atoms with Gasteiger partial charge in [0.2, 0.25) is 0 Å². The highest BCUT2D eigenvalue weighted by molar-refractivity contribution is 6.31. The Morgan fingerprint density at radius 3 is 2.44 bits per heavy atom. The number of halogens is 5. The molecule has 18 heavy (non-hydrogen) atoms. The second kappa shape index (κ2) is 3.98. The van der Waals surface area contributed by atoms with E-state index in [-0.39, 0.29) is 10.4 Å². The minimum absolute atomic E-state index is 0.164. The molecule has 1 heterocycles. The van der Waals surface area contributed by atoms with Crippen molar-refractivity contribution < 1.29 is 17.6 Å². The van der Waals surface area contributed by atoms with Crippen LogP contribution in [0.4, 0.5) is 17.6 Å². The van der Waals surface area contributed by atoms with Gasteiger partial charge in [-0.2, -0.15) is 13.2 Å². The first-order valence-electron chi connectivity index (χ1n) is 4.81. The molecule has 0 fully saturated rings. The molecular weight excluding hydrogens is 274 g/mol. The van der Waals surface area contributed by atoms with E-state index in [0.717, 1.165) is 13.0 Å². The van der Waals surface area contributed by atoms with Gasteiger partial charge in [0.15, 0.2) is 11.2 Å². The van der Waals surface area contributed by atoms with Gasteiger partial charge in [-0.1, -0.05) is 11.6 Å². The molecule has 0 aliphatic carbocycles. The van der Waals surface area contributed by atoms with E-state index >= 15 is 0 Å². The first-order valence-corrected chi connectivity index (χ1v) is 5.19. The maximum Gasteiger partial charge on any atom is 0.431 e. The zero-order chi connectivity index (χ0) is 13.7. The Balaban J connectivity index is 2.99. The smallest absolute Gasteiger partial charge is 0.348 e. The lowest BCUT2D eigenvalue weighted by Gasteiger charge is -2.12. The van der Waals surface area contributed by atoms with Gasteiger partial charge >= 0.3 is 6.18 Å². The zero-order valence-corrected chi connectivity index (χ0v) is 9.71. The average molecular weight is 280 g/mol. The van der Waals surface area contributed by atoms with E-state index in [1.54, 1.807) is 0 Å². The van der Waals surface area contributed by atoms with E-state index in [1.165, 1.54) is 6.07 Å². The summed E-state index contributed by atoms with van der Waals surface area (Å²) in [5.41, 5.74) is -3.17. The van der Waals surface area contributed by atoms with E-state index in [2.05, 4.69) is 0 Å². The molecule has 0 amide bonds. The van der Waals surface area contributed by atoms with Crippen molar-refractivity contribution in [3.63, 3.8) is 0 Å². The molecule has 2 aromatic rings. The molecule has 0 bridgehead atoms. The van der Waals surface area contributed by atoms with E-state index in [4.69, 9.17) is 11.6 Å². The van der Waals surface area contributed by atoms with E-state index in [1.807, 2.05) is 4.98 Å². The van der Waals surface area contributed by atoms with Crippen molar-refractivity contribution in [3.8, 4) is 0 Å². The Labute approximate surface area is 103 Å². The third-order valence-corrected chi connectivity index (χ3v) is 2.88. The highest BCUT2D eigenvalue weighted by atomic mass is 35.5. The van der Waals surface area contributed by atoms with Gasteiger partial charge in [-0.3, -0.25) is 4.79 Å². The van der Waals surface area contributed by atoms with Gasteiger partial charge in [0, 0.05) is 10.9 Å². The molecule has 2 rings (SSSR count). The molecule has 0 spiro atoms. The van der Waals surface area contributed by atoms with Crippen LogP contribution in [0.5, 0.6) is 0 Å². The van der Waals surface area contributed by atoms with Crippen LogP contribution >= 0.6 is 11.6 Å². The number of benzene rings is 1. The summed E-state index contributed by atoms with van der Waals surface area (Å²) in [5.74, 6) is -1.07. The number of aromatic nitrogens is 1. The van der Waals surface area contributed by atoms with Crippen molar-refractivity contribution >= 4 is 22.5 Å².